The molecule has 2 aromatic carbocycles. The lowest BCUT2D eigenvalue weighted by Gasteiger charge is -2.23. The van der Waals surface area contributed by atoms with E-state index in [2.05, 4.69) is 0 Å². The van der Waals surface area contributed by atoms with Gasteiger partial charge in [-0.2, -0.15) is 0 Å². The van der Waals surface area contributed by atoms with E-state index in [4.69, 9.17) is 5.73 Å². The van der Waals surface area contributed by atoms with Gasteiger partial charge in [-0.1, -0.05) is 29.8 Å². The Morgan fingerprint density at radius 3 is 2.39 bits per heavy atom. The van der Waals surface area contributed by atoms with Crippen molar-refractivity contribution < 1.29 is 4.39 Å². The van der Waals surface area contributed by atoms with E-state index in [1.165, 1.54) is 11.6 Å². The Kier molecular flexibility index (Phi) is 3.63. The molecule has 0 bridgehead atoms. The average Bonchev–Trinajstić information content (AvgIpc) is 2.38. The second kappa shape index (κ2) is 5.19. The van der Waals surface area contributed by atoms with Crippen LogP contribution in [0.25, 0.3) is 0 Å². The Balaban J connectivity index is 2.45. The van der Waals surface area contributed by atoms with Gasteiger partial charge in [0.2, 0.25) is 0 Å². The smallest absolute Gasteiger partial charge is 0.147 e. The third kappa shape index (κ3) is 2.36. The van der Waals surface area contributed by atoms with Crippen molar-refractivity contribution in [2.45, 2.75) is 13.5 Å². The summed E-state index contributed by atoms with van der Waals surface area (Å²) in [6.45, 7) is 2.35. The van der Waals surface area contributed by atoms with Gasteiger partial charge in [0.1, 0.15) is 5.82 Å². The first-order valence-corrected chi connectivity index (χ1v) is 5.91. The van der Waals surface area contributed by atoms with Crippen molar-refractivity contribution in [2.24, 2.45) is 5.73 Å². The molecule has 94 valence electrons. The first-order valence-electron chi connectivity index (χ1n) is 5.91. The third-order valence-electron chi connectivity index (χ3n) is 3.05. The Labute approximate surface area is 107 Å². The lowest BCUT2D eigenvalue weighted by molar-refractivity contribution is 0.625. The van der Waals surface area contributed by atoms with Crippen molar-refractivity contribution >= 4 is 11.4 Å². The van der Waals surface area contributed by atoms with Crippen molar-refractivity contribution in [1.82, 2.24) is 0 Å². The van der Waals surface area contributed by atoms with E-state index in [1.807, 2.05) is 49.2 Å². The minimum atomic E-state index is -0.249. The molecule has 0 aliphatic rings. The summed E-state index contributed by atoms with van der Waals surface area (Å²) in [6, 6.07) is 13.0. The lowest BCUT2D eigenvalue weighted by atomic mass is 10.1. The topological polar surface area (TPSA) is 29.3 Å². The minimum Gasteiger partial charge on any atom is -0.342 e. The van der Waals surface area contributed by atoms with Gasteiger partial charge in [0, 0.05) is 19.3 Å². The zero-order valence-electron chi connectivity index (χ0n) is 10.7. The van der Waals surface area contributed by atoms with Crippen LogP contribution in [0.1, 0.15) is 11.1 Å². The number of hydrogen-bond acceptors (Lipinski definition) is 2. The normalized spacial score (nSPS) is 10.4. The van der Waals surface area contributed by atoms with Gasteiger partial charge in [0.15, 0.2) is 0 Å². The summed E-state index contributed by atoms with van der Waals surface area (Å²) < 4.78 is 14.0. The molecule has 0 saturated carbocycles. The average molecular weight is 244 g/mol. The molecule has 18 heavy (non-hydrogen) atoms. The van der Waals surface area contributed by atoms with Crippen molar-refractivity contribution in [3.8, 4) is 0 Å². The first-order chi connectivity index (χ1) is 8.63. The van der Waals surface area contributed by atoms with Crippen LogP contribution in [0.2, 0.25) is 0 Å². The number of nitrogens with zero attached hydrogens (tertiary/aromatic N) is 1. The maximum absolute atomic E-state index is 14.0. The van der Waals surface area contributed by atoms with Gasteiger partial charge < -0.3 is 10.6 Å². The van der Waals surface area contributed by atoms with Crippen LogP contribution in [-0.2, 0) is 6.54 Å². The first kappa shape index (κ1) is 12.6. The molecule has 0 heterocycles. The quantitative estimate of drug-likeness (QED) is 0.897. The monoisotopic (exact) mass is 244 g/mol. The Morgan fingerprint density at radius 2 is 1.78 bits per heavy atom. The maximum atomic E-state index is 14.0. The number of halogens is 1. The van der Waals surface area contributed by atoms with E-state index in [9.17, 15) is 4.39 Å². The summed E-state index contributed by atoms with van der Waals surface area (Å²) >= 11 is 0. The molecule has 2 N–H and O–H groups in total. The molecule has 0 saturated heterocycles. The van der Waals surface area contributed by atoms with Crippen LogP contribution < -0.4 is 10.6 Å². The van der Waals surface area contributed by atoms with Gasteiger partial charge >= 0.3 is 0 Å². The van der Waals surface area contributed by atoms with Gasteiger partial charge in [0.25, 0.3) is 0 Å². The predicted molar refractivity (Wildman–Crippen MR) is 73.5 cm³/mol. The third-order valence-corrected chi connectivity index (χ3v) is 3.05. The highest BCUT2D eigenvalue weighted by atomic mass is 19.1. The van der Waals surface area contributed by atoms with E-state index in [0.717, 1.165) is 11.3 Å². The van der Waals surface area contributed by atoms with Gasteiger partial charge in [-0.3, -0.25) is 0 Å². The number of nitrogens with two attached hydrogens (primary N) is 1. The van der Waals surface area contributed by atoms with Crippen LogP contribution in [0.4, 0.5) is 15.8 Å². The summed E-state index contributed by atoms with van der Waals surface area (Å²) in [7, 11) is 1.85. The van der Waals surface area contributed by atoms with Crippen LogP contribution in [0, 0.1) is 12.7 Å². The number of anilines is 2. The van der Waals surface area contributed by atoms with Gasteiger partial charge in [-0.15, -0.1) is 0 Å². The van der Waals surface area contributed by atoms with Crippen molar-refractivity contribution in [2.75, 3.05) is 11.9 Å². The molecule has 2 nitrogen and oxygen atoms in total. The molecule has 0 radical (unpaired) electrons. The predicted octanol–water partition coefficient (Wildman–Crippen LogP) is 3.36. The molecule has 0 atom stereocenters. The number of benzene rings is 2. The van der Waals surface area contributed by atoms with Gasteiger partial charge in [-0.25, -0.2) is 4.39 Å². The van der Waals surface area contributed by atoms with Crippen molar-refractivity contribution in [3.63, 3.8) is 0 Å². The SMILES string of the molecule is Cc1ccc(N(C)c2c(F)cccc2CN)cc1. The minimum absolute atomic E-state index is 0.249. The van der Waals surface area contributed by atoms with E-state index in [-0.39, 0.29) is 5.82 Å². The second-order valence-electron chi connectivity index (χ2n) is 4.35. The van der Waals surface area contributed by atoms with Crippen molar-refractivity contribution in [3.05, 3.63) is 59.4 Å². The van der Waals surface area contributed by atoms with Gasteiger partial charge in [-0.05, 0) is 30.7 Å². The fraction of sp³-hybridized carbons (Fsp3) is 0.200. The fourth-order valence-corrected chi connectivity index (χ4v) is 2.00. The van der Waals surface area contributed by atoms with Crippen LogP contribution in [-0.4, -0.2) is 7.05 Å². The maximum Gasteiger partial charge on any atom is 0.147 e. The molecule has 0 unspecified atom stereocenters. The summed E-state index contributed by atoms with van der Waals surface area (Å²) in [5.41, 5.74) is 9.14. The number of rotatable bonds is 3. The van der Waals surface area contributed by atoms with E-state index in [1.54, 1.807) is 6.07 Å². The van der Waals surface area contributed by atoms with Crippen molar-refractivity contribution in [1.29, 1.82) is 0 Å². The number of hydrogen-bond donors (Lipinski definition) is 1. The summed E-state index contributed by atoms with van der Waals surface area (Å²) in [5, 5.41) is 0. The van der Waals surface area contributed by atoms with E-state index in [0.29, 0.717) is 12.2 Å². The Bertz CT molecular complexity index is 535. The molecule has 2 rings (SSSR count). The highest BCUT2D eigenvalue weighted by molar-refractivity contribution is 5.66. The molecule has 0 amide bonds. The fourth-order valence-electron chi connectivity index (χ4n) is 2.00. The van der Waals surface area contributed by atoms with E-state index >= 15 is 0 Å². The number of para-hydroxylation sites is 1. The lowest BCUT2D eigenvalue weighted by Crippen LogP contribution is -2.15. The molecular weight excluding hydrogens is 227 g/mol. The Hall–Kier alpha value is -1.87. The highest BCUT2D eigenvalue weighted by Gasteiger charge is 2.13. The number of aryl methyl sites for hydroxylation is 1. The zero-order valence-corrected chi connectivity index (χ0v) is 10.7. The summed E-state index contributed by atoms with van der Waals surface area (Å²) in [6.07, 6.45) is 0. The van der Waals surface area contributed by atoms with Crippen LogP contribution in [0.15, 0.2) is 42.5 Å². The highest BCUT2D eigenvalue weighted by Crippen LogP contribution is 2.29. The molecule has 0 fully saturated rings. The largest absolute Gasteiger partial charge is 0.342 e. The molecule has 0 aliphatic carbocycles. The van der Waals surface area contributed by atoms with Crippen LogP contribution in [0.3, 0.4) is 0 Å². The van der Waals surface area contributed by atoms with Crippen LogP contribution in [0.5, 0.6) is 0 Å². The van der Waals surface area contributed by atoms with Crippen LogP contribution >= 0.6 is 0 Å². The van der Waals surface area contributed by atoms with Gasteiger partial charge in [0.05, 0.1) is 5.69 Å². The molecule has 3 heteroatoms. The summed E-state index contributed by atoms with van der Waals surface area (Å²) in [5.74, 6) is -0.249. The molecule has 0 aliphatic heterocycles. The second-order valence-corrected chi connectivity index (χ2v) is 4.35. The molecule has 2 aromatic rings. The zero-order chi connectivity index (χ0) is 13.1. The van der Waals surface area contributed by atoms with E-state index < -0.39 is 0 Å². The standard InChI is InChI=1S/C15H17FN2/c1-11-6-8-13(9-7-11)18(2)15-12(10-17)4-3-5-14(15)16/h3-9H,10,17H2,1-2H3. The summed E-state index contributed by atoms with van der Waals surface area (Å²) in [4.78, 5) is 1.83. The Morgan fingerprint density at radius 1 is 1.11 bits per heavy atom. The molecule has 0 spiro atoms. The molecule has 0 aromatic heterocycles. The molecular formula is C15H17FN2.